The summed E-state index contributed by atoms with van der Waals surface area (Å²) in [4.78, 5) is 25.3. The van der Waals surface area contributed by atoms with Gasteiger partial charge in [0.25, 0.3) is 0 Å². The molecule has 2 N–H and O–H groups in total. The number of rotatable bonds is 6. The lowest BCUT2D eigenvalue weighted by Crippen LogP contribution is -1.98. The first-order valence-electron chi connectivity index (χ1n) is 7.47. The van der Waals surface area contributed by atoms with Crippen molar-refractivity contribution in [2.75, 3.05) is 5.43 Å². The molecule has 0 amide bonds. The summed E-state index contributed by atoms with van der Waals surface area (Å²) in [6, 6.07) is 10.2. The van der Waals surface area contributed by atoms with E-state index in [1.165, 1.54) is 42.7 Å². The molecule has 10 heteroatoms. The number of benzene rings is 1. The van der Waals surface area contributed by atoms with Gasteiger partial charge in [0.1, 0.15) is 11.5 Å². The minimum Gasteiger partial charge on any atom is -0.478 e. The molecule has 0 radical (unpaired) electrons. The molecule has 0 bridgehead atoms. The van der Waals surface area contributed by atoms with Crippen LogP contribution < -0.4 is 5.43 Å². The molecule has 0 aliphatic rings. The average Bonchev–Trinajstić information content (AvgIpc) is 3.11. The quantitative estimate of drug-likeness (QED) is 0.371. The molecule has 2 heterocycles. The molecule has 0 saturated carbocycles. The van der Waals surface area contributed by atoms with Gasteiger partial charge >= 0.3 is 11.7 Å². The summed E-state index contributed by atoms with van der Waals surface area (Å²) < 4.78 is 5.58. The van der Waals surface area contributed by atoms with E-state index >= 15 is 0 Å². The van der Waals surface area contributed by atoms with E-state index < -0.39 is 10.9 Å². The number of carbonyl (C=O) groups is 1. The second-order valence-electron chi connectivity index (χ2n) is 5.20. The number of nitro groups is 1. The van der Waals surface area contributed by atoms with Crippen molar-refractivity contribution in [2.45, 2.75) is 0 Å². The Morgan fingerprint density at radius 3 is 2.89 bits per heavy atom. The van der Waals surface area contributed by atoms with Crippen LogP contribution >= 0.6 is 11.6 Å². The highest BCUT2D eigenvalue weighted by Crippen LogP contribution is 2.30. The molecule has 0 aliphatic heterocycles. The van der Waals surface area contributed by atoms with Crippen LogP contribution in [0.5, 0.6) is 0 Å². The fourth-order valence-corrected chi connectivity index (χ4v) is 2.41. The fourth-order valence-electron chi connectivity index (χ4n) is 2.20. The van der Waals surface area contributed by atoms with Crippen molar-refractivity contribution in [3.63, 3.8) is 0 Å². The molecule has 2 aromatic heterocycles. The second-order valence-corrected chi connectivity index (χ2v) is 5.61. The first kappa shape index (κ1) is 18.1. The van der Waals surface area contributed by atoms with Gasteiger partial charge in [0.15, 0.2) is 0 Å². The number of nitrogens with one attached hydrogen (secondary N) is 1. The lowest BCUT2D eigenvalue weighted by molar-refractivity contribution is -0.384. The van der Waals surface area contributed by atoms with E-state index in [2.05, 4.69) is 15.5 Å². The number of hydrogen-bond acceptors (Lipinski definition) is 7. The number of anilines is 1. The molecule has 136 valence electrons. The molecular weight excluding hydrogens is 376 g/mol. The zero-order valence-electron chi connectivity index (χ0n) is 13.5. The summed E-state index contributed by atoms with van der Waals surface area (Å²) in [5.41, 5.74) is 2.76. The van der Waals surface area contributed by atoms with Crippen molar-refractivity contribution in [3.8, 4) is 11.3 Å². The number of aromatic nitrogens is 1. The summed E-state index contributed by atoms with van der Waals surface area (Å²) in [5, 5.41) is 24.2. The molecule has 0 saturated heterocycles. The van der Waals surface area contributed by atoms with Crippen LogP contribution in [0.15, 0.2) is 58.2 Å². The van der Waals surface area contributed by atoms with Gasteiger partial charge < -0.3 is 9.52 Å². The van der Waals surface area contributed by atoms with E-state index in [4.69, 9.17) is 21.1 Å². The number of aromatic carboxylic acids is 1. The maximum Gasteiger partial charge on any atom is 0.335 e. The van der Waals surface area contributed by atoms with Crippen molar-refractivity contribution in [3.05, 3.63) is 75.1 Å². The molecule has 9 nitrogen and oxygen atoms in total. The SMILES string of the molecule is O=C(O)c1ccc(Cl)c(-c2ccc(/C=N\Nc3ncccc3[N+](=O)[O-])o2)c1. The van der Waals surface area contributed by atoms with Gasteiger partial charge in [0.05, 0.1) is 21.7 Å². The molecule has 0 spiro atoms. The smallest absolute Gasteiger partial charge is 0.335 e. The highest BCUT2D eigenvalue weighted by atomic mass is 35.5. The van der Waals surface area contributed by atoms with E-state index in [0.717, 1.165) is 0 Å². The van der Waals surface area contributed by atoms with Crippen LogP contribution in [0.2, 0.25) is 5.02 Å². The largest absolute Gasteiger partial charge is 0.478 e. The maximum absolute atomic E-state index is 11.1. The van der Waals surface area contributed by atoms with Crippen LogP contribution in [0, 0.1) is 10.1 Å². The van der Waals surface area contributed by atoms with Crippen molar-refractivity contribution < 1.29 is 19.2 Å². The third-order valence-corrected chi connectivity index (χ3v) is 3.78. The number of hydrazone groups is 1. The van der Waals surface area contributed by atoms with Gasteiger partial charge in [-0.05, 0) is 36.4 Å². The van der Waals surface area contributed by atoms with Gasteiger partial charge in [-0.15, -0.1) is 0 Å². The Bertz CT molecular complexity index is 1050. The average molecular weight is 387 g/mol. The third-order valence-electron chi connectivity index (χ3n) is 3.45. The van der Waals surface area contributed by atoms with Crippen LogP contribution in [0.3, 0.4) is 0 Å². The number of halogens is 1. The first-order chi connectivity index (χ1) is 13.0. The maximum atomic E-state index is 11.1. The molecule has 3 rings (SSSR count). The lowest BCUT2D eigenvalue weighted by atomic mass is 10.1. The van der Waals surface area contributed by atoms with Crippen LogP contribution in [0.1, 0.15) is 16.1 Å². The number of carboxylic acid groups (broad SMARTS) is 1. The zero-order chi connectivity index (χ0) is 19.4. The third kappa shape index (κ3) is 4.10. The van der Waals surface area contributed by atoms with Gasteiger partial charge in [-0.25, -0.2) is 9.78 Å². The molecule has 0 atom stereocenters. The van der Waals surface area contributed by atoms with Gasteiger partial charge in [0, 0.05) is 17.8 Å². The Balaban J connectivity index is 1.79. The predicted molar refractivity (Wildman–Crippen MR) is 98.2 cm³/mol. The van der Waals surface area contributed by atoms with E-state index in [-0.39, 0.29) is 17.1 Å². The van der Waals surface area contributed by atoms with E-state index in [0.29, 0.717) is 22.1 Å². The fraction of sp³-hybridized carbons (Fsp3) is 0. The van der Waals surface area contributed by atoms with Crippen molar-refractivity contribution in [1.82, 2.24) is 4.98 Å². The molecule has 3 aromatic rings. The van der Waals surface area contributed by atoms with Gasteiger partial charge in [0.2, 0.25) is 5.82 Å². The minimum absolute atomic E-state index is 0.0114. The molecule has 0 aliphatic carbocycles. The molecule has 0 unspecified atom stereocenters. The highest BCUT2D eigenvalue weighted by Gasteiger charge is 2.14. The van der Waals surface area contributed by atoms with Gasteiger partial charge in [-0.2, -0.15) is 5.10 Å². The topological polar surface area (TPSA) is 131 Å². The number of carboxylic acids is 1. The summed E-state index contributed by atoms with van der Waals surface area (Å²) in [5.74, 6) is -0.411. The Morgan fingerprint density at radius 2 is 2.15 bits per heavy atom. The van der Waals surface area contributed by atoms with Gasteiger partial charge in [-0.3, -0.25) is 15.5 Å². The Kier molecular flexibility index (Phi) is 5.13. The number of nitrogens with zero attached hydrogens (tertiary/aromatic N) is 3. The number of furan rings is 1. The number of hydrogen-bond donors (Lipinski definition) is 2. The monoisotopic (exact) mass is 386 g/mol. The summed E-state index contributed by atoms with van der Waals surface area (Å²) in [7, 11) is 0. The Morgan fingerprint density at radius 1 is 1.33 bits per heavy atom. The van der Waals surface area contributed by atoms with Gasteiger partial charge in [-0.1, -0.05) is 11.6 Å². The summed E-state index contributed by atoms with van der Waals surface area (Å²) >= 11 is 6.11. The predicted octanol–water partition coefficient (Wildman–Crippen LogP) is 4.05. The van der Waals surface area contributed by atoms with Crippen LogP contribution in [-0.4, -0.2) is 27.2 Å². The summed E-state index contributed by atoms with van der Waals surface area (Å²) in [6.45, 7) is 0. The lowest BCUT2D eigenvalue weighted by Gasteiger charge is -2.02. The van der Waals surface area contributed by atoms with Crippen molar-refractivity contribution in [1.29, 1.82) is 0 Å². The van der Waals surface area contributed by atoms with Crippen LogP contribution in [0.4, 0.5) is 11.5 Å². The van der Waals surface area contributed by atoms with Crippen LogP contribution in [-0.2, 0) is 0 Å². The van der Waals surface area contributed by atoms with Crippen molar-refractivity contribution >= 4 is 35.3 Å². The minimum atomic E-state index is -1.08. The molecule has 0 fully saturated rings. The molecule has 1 aromatic carbocycles. The highest BCUT2D eigenvalue weighted by molar-refractivity contribution is 6.33. The zero-order valence-corrected chi connectivity index (χ0v) is 14.3. The first-order valence-corrected chi connectivity index (χ1v) is 7.85. The van der Waals surface area contributed by atoms with Crippen LogP contribution in [0.25, 0.3) is 11.3 Å². The van der Waals surface area contributed by atoms with Crippen molar-refractivity contribution in [2.24, 2.45) is 5.10 Å². The van der Waals surface area contributed by atoms with E-state index in [9.17, 15) is 14.9 Å². The number of pyridine rings is 1. The standard InChI is InChI=1S/C17H11ClN4O5/c18-13-5-3-10(17(23)24)8-12(13)15-6-4-11(27-15)9-20-21-16-14(22(25)26)2-1-7-19-16/h1-9H,(H,19,21)(H,23,24)/b20-9-. The van der Waals surface area contributed by atoms with E-state index in [1.807, 2.05) is 0 Å². The molecule has 27 heavy (non-hydrogen) atoms. The Labute approximate surface area is 157 Å². The summed E-state index contributed by atoms with van der Waals surface area (Å²) in [6.07, 6.45) is 2.70. The normalized spacial score (nSPS) is 10.9. The Hall–Kier alpha value is -3.72. The second kappa shape index (κ2) is 7.67. The molecular formula is C17H11ClN4O5. The van der Waals surface area contributed by atoms with E-state index in [1.54, 1.807) is 12.1 Å².